The van der Waals surface area contributed by atoms with E-state index in [2.05, 4.69) is 0 Å². The fourth-order valence-corrected chi connectivity index (χ4v) is 1.65. The molecule has 1 saturated heterocycles. The maximum Gasteiger partial charge on any atom is 0.222 e. The van der Waals surface area contributed by atoms with Crippen LogP contribution in [-0.2, 0) is 14.8 Å². The number of carbonyl (C=O) groups excluding carboxylic acids is 1. The first kappa shape index (κ1) is 9.47. The van der Waals surface area contributed by atoms with Crippen LogP contribution in [0.2, 0.25) is 0 Å². The molecule has 0 saturated carbocycles. The molecule has 2 N–H and O–H groups in total. The van der Waals surface area contributed by atoms with E-state index >= 15 is 0 Å². The first-order valence-corrected chi connectivity index (χ1v) is 5.49. The van der Waals surface area contributed by atoms with Crippen molar-refractivity contribution in [1.29, 1.82) is 0 Å². The van der Waals surface area contributed by atoms with E-state index in [-0.39, 0.29) is 18.2 Å². The van der Waals surface area contributed by atoms with Crippen LogP contribution < -0.4 is 5.14 Å². The summed E-state index contributed by atoms with van der Waals surface area (Å²) in [6.07, 6.45) is 1.36. The van der Waals surface area contributed by atoms with Crippen LogP contribution >= 0.6 is 0 Å². The van der Waals surface area contributed by atoms with E-state index in [0.717, 1.165) is 6.42 Å². The minimum atomic E-state index is -3.43. The smallest absolute Gasteiger partial charge is 0.222 e. The molecule has 0 radical (unpaired) electrons. The number of nitrogens with two attached hydrogens (primary N) is 1. The monoisotopic (exact) mass is 192 g/mol. The standard InChI is InChI=1S/C6H12N2O3S/c7-12(10,11)5-4-8-3-1-2-6(8)9/h1-5H2,(H2,7,10,11). The molecule has 0 aromatic carbocycles. The van der Waals surface area contributed by atoms with Gasteiger partial charge in [0.05, 0.1) is 5.75 Å². The van der Waals surface area contributed by atoms with Gasteiger partial charge in [-0.25, -0.2) is 13.6 Å². The summed E-state index contributed by atoms with van der Waals surface area (Å²) in [6.45, 7) is 0.895. The van der Waals surface area contributed by atoms with Crippen molar-refractivity contribution in [1.82, 2.24) is 4.90 Å². The summed E-state index contributed by atoms with van der Waals surface area (Å²) in [5, 5.41) is 4.79. The van der Waals surface area contributed by atoms with E-state index in [4.69, 9.17) is 5.14 Å². The number of hydrogen-bond donors (Lipinski definition) is 1. The molecular formula is C6H12N2O3S. The maximum absolute atomic E-state index is 11.0. The van der Waals surface area contributed by atoms with Gasteiger partial charge in [-0.05, 0) is 6.42 Å². The number of carbonyl (C=O) groups is 1. The van der Waals surface area contributed by atoms with Gasteiger partial charge in [0.2, 0.25) is 15.9 Å². The van der Waals surface area contributed by atoms with Crippen LogP contribution in [-0.4, -0.2) is 38.1 Å². The number of primary sulfonamides is 1. The minimum absolute atomic E-state index is 0.0265. The number of amides is 1. The third kappa shape index (κ3) is 2.78. The lowest BCUT2D eigenvalue weighted by Crippen LogP contribution is -2.32. The summed E-state index contributed by atoms with van der Waals surface area (Å²) >= 11 is 0. The van der Waals surface area contributed by atoms with E-state index in [1.807, 2.05) is 0 Å². The summed E-state index contributed by atoms with van der Waals surface area (Å²) in [7, 11) is -3.43. The maximum atomic E-state index is 11.0. The second-order valence-corrected chi connectivity index (χ2v) is 4.59. The van der Waals surface area contributed by atoms with Crippen LogP contribution in [0.1, 0.15) is 12.8 Å². The predicted molar refractivity (Wildman–Crippen MR) is 43.8 cm³/mol. The Morgan fingerprint density at radius 3 is 2.58 bits per heavy atom. The second kappa shape index (κ2) is 3.40. The van der Waals surface area contributed by atoms with Gasteiger partial charge in [-0.15, -0.1) is 0 Å². The molecule has 0 atom stereocenters. The fraction of sp³-hybridized carbons (Fsp3) is 0.833. The van der Waals surface area contributed by atoms with Gasteiger partial charge < -0.3 is 4.90 Å². The van der Waals surface area contributed by atoms with Crippen molar-refractivity contribution in [3.63, 3.8) is 0 Å². The molecule has 1 amide bonds. The lowest BCUT2D eigenvalue weighted by Gasteiger charge is -2.13. The van der Waals surface area contributed by atoms with Crippen molar-refractivity contribution < 1.29 is 13.2 Å². The molecular weight excluding hydrogens is 180 g/mol. The predicted octanol–water partition coefficient (Wildman–Crippen LogP) is -1.10. The third-order valence-electron chi connectivity index (χ3n) is 1.82. The Morgan fingerprint density at radius 1 is 1.50 bits per heavy atom. The van der Waals surface area contributed by atoms with Crippen molar-refractivity contribution in [3.8, 4) is 0 Å². The van der Waals surface area contributed by atoms with Gasteiger partial charge in [-0.1, -0.05) is 0 Å². The third-order valence-corrected chi connectivity index (χ3v) is 2.57. The van der Waals surface area contributed by atoms with Crippen LogP contribution in [0.3, 0.4) is 0 Å². The topological polar surface area (TPSA) is 80.5 Å². The summed E-state index contributed by atoms with van der Waals surface area (Å²) in [4.78, 5) is 12.5. The Bertz CT molecular complexity index is 273. The van der Waals surface area contributed by atoms with Crippen molar-refractivity contribution in [2.45, 2.75) is 12.8 Å². The zero-order chi connectivity index (χ0) is 9.19. The fourth-order valence-electron chi connectivity index (χ4n) is 1.18. The number of likely N-dealkylation sites (tertiary alicyclic amines) is 1. The molecule has 1 rings (SSSR count). The highest BCUT2D eigenvalue weighted by Gasteiger charge is 2.20. The average Bonchev–Trinajstić information content (AvgIpc) is 2.29. The molecule has 0 bridgehead atoms. The molecule has 0 aliphatic carbocycles. The van der Waals surface area contributed by atoms with Crippen LogP contribution in [0.4, 0.5) is 0 Å². The lowest BCUT2D eigenvalue weighted by molar-refractivity contribution is -0.127. The van der Waals surface area contributed by atoms with Crippen LogP contribution in [0.5, 0.6) is 0 Å². The van der Waals surface area contributed by atoms with Gasteiger partial charge >= 0.3 is 0 Å². The largest absolute Gasteiger partial charge is 0.342 e. The molecule has 0 unspecified atom stereocenters. The average molecular weight is 192 g/mol. The molecule has 0 aromatic rings. The summed E-state index contributed by atoms with van der Waals surface area (Å²) in [6, 6.07) is 0. The molecule has 1 aliphatic heterocycles. The van der Waals surface area contributed by atoms with Crippen molar-refractivity contribution in [2.24, 2.45) is 5.14 Å². The zero-order valence-corrected chi connectivity index (χ0v) is 7.51. The van der Waals surface area contributed by atoms with Gasteiger partial charge in [0.25, 0.3) is 0 Å². The number of rotatable bonds is 3. The van der Waals surface area contributed by atoms with E-state index in [9.17, 15) is 13.2 Å². The molecule has 5 nitrogen and oxygen atoms in total. The van der Waals surface area contributed by atoms with E-state index < -0.39 is 10.0 Å². The quantitative estimate of drug-likeness (QED) is 0.616. The molecule has 6 heteroatoms. The van der Waals surface area contributed by atoms with Gasteiger partial charge in [0.15, 0.2) is 0 Å². The molecule has 1 fully saturated rings. The van der Waals surface area contributed by atoms with Crippen LogP contribution in [0.15, 0.2) is 0 Å². The lowest BCUT2D eigenvalue weighted by atomic mass is 10.4. The number of nitrogens with zero attached hydrogens (tertiary/aromatic N) is 1. The van der Waals surface area contributed by atoms with Crippen LogP contribution in [0, 0.1) is 0 Å². The first-order chi connectivity index (χ1) is 5.49. The Labute approximate surface area is 71.6 Å². The first-order valence-electron chi connectivity index (χ1n) is 3.77. The number of sulfonamides is 1. The summed E-state index contributed by atoms with van der Waals surface area (Å²) in [5.74, 6) is -0.114. The normalized spacial score (nSPS) is 18.8. The van der Waals surface area contributed by atoms with Gasteiger partial charge in [0, 0.05) is 19.5 Å². The zero-order valence-electron chi connectivity index (χ0n) is 6.69. The molecule has 1 heterocycles. The van der Waals surface area contributed by atoms with Crippen molar-refractivity contribution in [3.05, 3.63) is 0 Å². The molecule has 12 heavy (non-hydrogen) atoms. The van der Waals surface area contributed by atoms with E-state index in [0.29, 0.717) is 13.0 Å². The van der Waals surface area contributed by atoms with Gasteiger partial charge in [0.1, 0.15) is 0 Å². The number of hydrogen-bond acceptors (Lipinski definition) is 3. The highest BCUT2D eigenvalue weighted by atomic mass is 32.2. The SMILES string of the molecule is NS(=O)(=O)CCN1CCCC1=O. The van der Waals surface area contributed by atoms with E-state index in [1.165, 1.54) is 4.90 Å². The molecule has 0 aromatic heterocycles. The van der Waals surface area contributed by atoms with Crippen molar-refractivity contribution in [2.75, 3.05) is 18.8 Å². The minimum Gasteiger partial charge on any atom is -0.342 e. The Kier molecular flexibility index (Phi) is 2.69. The molecule has 70 valence electrons. The Balaban J connectivity index is 2.37. The summed E-state index contributed by atoms with van der Waals surface area (Å²) < 4.78 is 21.1. The highest BCUT2D eigenvalue weighted by Crippen LogP contribution is 2.08. The van der Waals surface area contributed by atoms with Gasteiger partial charge in [-0.2, -0.15) is 0 Å². The Morgan fingerprint density at radius 2 is 2.17 bits per heavy atom. The second-order valence-electron chi connectivity index (χ2n) is 2.85. The molecule has 0 spiro atoms. The highest BCUT2D eigenvalue weighted by molar-refractivity contribution is 7.89. The van der Waals surface area contributed by atoms with Crippen molar-refractivity contribution >= 4 is 15.9 Å². The van der Waals surface area contributed by atoms with Crippen LogP contribution in [0.25, 0.3) is 0 Å². The van der Waals surface area contributed by atoms with Gasteiger partial charge in [-0.3, -0.25) is 4.79 Å². The molecule has 1 aliphatic rings. The Hall–Kier alpha value is -0.620. The van der Waals surface area contributed by atoms with E-state index in [1.54, 1.807) is 0 Å². The summed E-state index contributed by atoms with van der Waals surface area (Å²) in [5.41, 5.74) is 0.